The highest BCUT2D eigenvalue weighted by molar-refractivity contribution is 7.07. The summed E-state index contributed by atoms with van der Waals surface area (Å²) in [7, 11) is 0. The van der Waals surface area contributed by atoms with Crippen molar-refractivity contribution >= 4 is 52.6 Å². The maximum absolute atomic E-state index is 13.9. The molecule has 0 N–H and O–H groups in total. The van der Waals surface area contributed by atoms with E-state index in [1.807, 2.05) is 6.92 Å². The SMILES string of the molecule is CCOC(=O)COc1ccc(/C=c2\sc3n(c2=O)[C@H](c2cccc(Cl)c2Cl)C(C(=O)OCC)=C(C)N=3)cc1OCC. The Morgan fingerprint density at radius 3 is 2.49 bits per heavy atom. The topological polar surface area (TPSA) is 105 Å². The number of hydrogen-bond donors (Lipinski definition) is 0. The highest BCUT2D eigenvalue weighted by Gasteiger charge is 2.34. The maximum Gasteiger partial charge on any atom is 0.344 e. The predicted octanol–water partition coefficient (Wildman–Crippen LogP) is 4.45. The summed E-state index contributed by atoms with van der Waals surface area (Å²) in [6.07, 6.45) is 1.70. The molecular formula is C29H28Cl2N2O7S. The van der Waals surface area contributed by atoms with Gasteiger partial charge in [0.15, 0.2) is 22.9 Å². The molecule has 4 rings (SSSR count). The number of carbonyl (C=O) groups excluding carboxylic acids is 2. The molecule has 0 bridgehead atoms. The van der Waals surface area contributed by atoms with E-state index in [2.05, 4.69) is 4.99 Å². The quantitative estimate of drug-likeness (QED) is 0.309. The second-order valence-electron chi connectivity index (χ2n) is 8.68. The van der Waals surface area contributed by atoms with Gasteiger partial charge in [0.25, 0.3) is 5.56 Å². The fourth-order valence-electron chi connectivity index (χ4n) is 4.31. The Kier molecular flexibility index (Phi) is 9.90. The van der Waals surface area contributed by atoms with Crippen molar-refractivity contribution in [1.29, 1.82) is 0 Å². The van der Waals surface area contributed by atoms with E-state index in [9.17, 15) is 14.4 Å². The van der Waals surface area contributed by atoms with Crippen LogP contribution in [0.1, 0.15) is 44.9 Å². The number of esters is 2. The number of thiazole rings is 1. The normalized spacial score (nSPS) is 14.8. The van der Waals surface area contributed by atoms with Gasteiger partial charge in [0.2, 0.25) is 0 Å². The van der Waals surface area contributed by atoms with Crippen LogP contribution in [0.15, 0.2) is 57.5 Å². The summed E-state index contributed by atoms with van der Waals surface area (Å²) >= 11 is 14.1. The van der Waals surface area contributed by atoms with Crippen molar-refractivity contribution in [3.05, 3.63) is 88.5 Å². The van der Waals surface area contributed by atoms with Gasteiger partial charge in [-0.05, 0) is 57.5 Å². The van der Waals surface area contributed by atoms with Crippen molar-refractivity contribution in [3.63, 3.8) is 0 Å². The Labute approximate surface area is 250 Å². The molecule has 0 amide bonds. The molecule has 2 heterocycles. The minimum absolute atomic E-state index is 0.150. The number of fused-ring (bicyclic) bond motifs is 1. The van der Waals surface area contributed by atoms with Crippen LogP contribution >= 0.6 is 34.5 Å². The number of allylic oxidation sites excluding steroid dienone is 1. The molecule has 0 radical (unpaired) electrons. The molecule has 1 aromatic heterocycles. The van der Waals surface area contributed by atoms with Gasteiger partial charge in [0, 0.05) is 5.56 Å². The molecule has 0 fully saturated rings. The van der Waals surface area contributed by atoms with Crippen molar-refractivity contribution in [2.45, 2.75) is 33.7 Å². The summed E-state index contributed by atoms with van der Waals surface area (Å²) in [5.74, 6) is -0.318. The first kappa shape index (κ1) is 30.4. The number of hydrogen-bond acceptors (Lipinski definition) is 9. The van der Waals surface area contributed by atoms with Crippen LogP contribution < -0.4 is 24.4 Å². The number of aromatic nitrogens is 1. The van der Waals surface area contributed by atoms with E-state index in [4.69, 9.17) is 42.1 Å². The molecule has 1 aliphatic heterocycles. The van der Waals surface area contributed by atoms with Crippen LogP contribution in [0.3, 0.4) is 0 Å². The summed E-state index contributed by atoms with van der Waals surface area (Å²) in [4.78, 5) is 43.7. The number of rotatable bonds is 10. The molecule has 2 aromatic carbocycles. The van der Waals surface area contributed by atoms with E-state index in [1.54, 1.807) is 63.2 Å². The van der Waals surface area contributed by atoms with E-state index in [-0.39, 0.29) is 41.0 Å². The van der Waals surface area contributed by atoms with Crippen molar-refractivity contribution in [1.82, 2.24) is 4.57 Å². The van der Waals surface area contributed by atoms with Crippen molar-refractivity contribution in [2.75, 3.05) is 26.4 Å². The second kappa shape index (κ2) is 13.4. The van der Waals surface area contributed by atoms with Gasteiger partial charge in [0.05, 0.1) is 45.7 Å². The van der Waals surface area contributed by atoms with E-state index in [0.717, 1.165) is 0 Å². The first-order valence-electron chi connectivity index (χ1n) is 12.9. The van der Waals surface area contributed by atoms with E-state index < -0.39 is 18.0 Å². The number of nitrogens with zero attached hydrogens (tertiary/aromatic N) is 2. The zero-order valence-electron chi connectivity index (χ0n) is 22.9. The lowest BCUT2D eigenvalue weighted by Gasteiger charge is -2.25. The summed E-state index contributed by atoms with van der Waals surface area (Å²) in [5, 5.41) is 0.517. The lowest BCUT2D eigenvalue weighted by molar-refractivity contribution is -0.145. The molecule has 41 heavy (non-hydrogen) atoms. The van der Waals surface area contributed by atoms with Gasteiger partial charge in [-0.25, -0.2) is 14.6 Å². The third-order valence-corrected chi connectivity index (χ3v) is 7.83. The molecule has 0 saturated heterocycles. The van der Waals surface area contributed by atoms with Gasteiger partial charge in [-0.3, -0.25) is 9.36 Å². The molecule has 0 saturated carbocycles. The van der Waals surface area contributed by atoms with Crippen LogP contribution in [-0.2, 0) is 19.1 Å². The Bertz CT molecular complexity index is 1690. The average molecular weight is 620 g/mol. The van der Waals surface area contributed by atoms with Crippen LogP contribution in [0.5, 0.6) is 11.5 Å². The highest BCUT2D eigenvalue weighted by atomic mass is 35.5. The standard InChI is InChI=1S/C29H28Cl2N2O7S/c1-5-37-21-13-17(11-12-20(21)40-15-23(34)38-6-2)14-22-27(35)33-26(18-9-8-10-19(30)25(18)31)24(28(36)39-7-3)16(4)32-29(33)41-22/h8-14,26H,5-7,15H2,1-4H3/b22-14-/t26-/m1/s1. The number of halogens is 2. The number of benzene rings is 2. The Hall–Kier alpha value is -3.60. The third-order valence-electron chi connectivity index (χ3n) is 6.01. The molecular weight excluding hydrogens is 591 g/mol. The van der Waals surface area contributed by atoms with Gasteiger partial charge >= 0.3 is 11.9 Å². The summed E-state index contributed by atoms with van der Waals surface area (Å²) in [6.45, 7) is 7.43. The van der Waals surface area contributed by atoms with Gasteiger partial charge in [-0.1, -0.05) is 52.7 Å². The average Bonchev–Trinajstić information content (AvgIpc) is 3.23. The summed E-state index contributed by atoms with van der Waals surface area (Å²) < 4.78 is 23.3. The van der Waals surface area contributed by atoms with E-state index in [1.165, 1.54) is 15.9 Å². The van der Waals surface area contributed by atoms with Crippen LogP contribution in [-0.4, -0.2) is 42.9 Å². The van der Waals surface area contributed by atoms with Crippen LogP contribution in [0.2, 0.25) is 10.0 Å². The molecule has 1 atom stereocenters. The molecule has 0 aliphatic carbocycles. The Morgan fingerprint density at radius 2 is 1.78 bits per heavy atom. The second-order valence-corrected chi connectivity index (χ2v) is 10.5. The summed E-state index contributed by atoms with van der Waals surface area (Å²) in [6, 6.07) is 9.27. The Balaban J connectivity index is 1.83. The molecule has 12 heteroatoms. The van der Waals surface area contributed by atoms with Gasteiger partial charge < -0.3 is 18.9 Å². The first-order chi connectivity index (χ1) is 19.7. The van der Waals surface area contributed by atoms with E-state index in [0.29, 0.717) is 44.3 Å². The number of ether oxygens (including phenoxy) is 4. The van der Waals surface area contributed by atoms with Gasteiger partial charge in [-0.2, -0.15) is 0 Å². The fourth-order valence-corrected chi connectivity index (χ4v) is 5.77. The zero-order valence-corrected chi connectivity index (χ0v) is 25.2. The largest absolute Gasteiger partial charge is 0.490 e. The first-order valence-corrected chi connectivity index (χ1v) is 14.5. The third kappa shape index (κ3) is 6.50. The van der Waals surface area contributed by atoms with Crippen LogP contribution in [0.4, 0.5) is 0 Å². The zero-order chi connectivity index (χ0) is 29.7. The monoisotopic (exact) mass is 618 g/mol. The van der Waals surface area contributed by atoms with Crippen LogP contribution in [0.25, 0.3) is 6.08 Å². The van der Waals surface area contributed by atoms with Crippen molar-refractivity contribution < 1.29 is 28.5 Å². The molecule has 216 valence electrons. The van der Waals surface area contributed by atoms with E-state index >= 15 is 0 Å². The van der Waals surface area contributed by atoms with Gasteiger partial charge in [0.1, 0.15) is 6.04 Å². The van der Waals surface area contributed by atoms with Crippen molar-refractivity contribution in [2.24, 2.45) is 4.99 Å². The lowest BCUT2D eigenvalue weighted by atomic mass is 9.96. The Morgan fingerprint density at radius 1 is 1.02 bits per heavy atom. The molecule has 0 unspecified atom stereocenters. The minimum atomic E-state index is -0.892. The molecule has 1 aliphatic rings. The highest BCUT2D eigenvalue weighted by Crippen LogP contribution is 2.37. The van der Waals surface area contributed by atoms with Crippen LogP contribution in [0, 0.1) is 0 Å². The molecule has 0 spiro atoms. The lowest BCUT2D eigenvalue weighted by Crippen LogP contribution is -2.40. The van der Waals surface area contributed by atoms with Gasteiger partial charge in [-0.15, -0.1) is 0 Å². The predicted molar refractivity (Wildman–Crippen MR) is 157 cm³/mol. The smallest absolute Gasteiger partial charge is 0.344 e. The summed E-state index contributed by atoms with van der Waals surface area (Å²) in [5.41, 5.74) is 1.38. The van der Waals surface area contributed by atoms with Crippen molar-refractivity contribution in [3.8, 4) is 11.5 Å². The maximum atomic E-state index is 13.9. The molecule has 3 aromatic rings. The fraction of sp³-hybridized carbons (Fsp3) is 0.310. The number of carbonyl (C=O) groups is 2. The molecule has 9 nitrogen and oxygen atoms in total. The minimum Gasteiger partial charge on any atom is -0.490 e.